The Morgan fingerprint density at radius 3 is 2.79 bits per heavy atom. The molecule has 0 bridgehead atoms. The molecule has 1 aromatic carbocycles. The minimum absolute atomic E-state index is 0.0763. The molecule has 2 unspecified atom stereocenters. The first-order chi connectivity index (χ1) is 11.6. The molecule has 9 heteroatoms. The van der Waals surface area contributed by atoms with Crippen LogP contribution in [0, 0.1) is 0 Å². The van der Waals surface area contributed by atoms with Gasteiger partial charge in [-0.15, -0.1) is 0 Å². The van der Waals surface area contributed by atoms with Gasteiger partial charge in [0.15, 0.2) is 5.65 Å². The number of halogens is 1. The second-order valence-electron chi connectivity index (χ2n) is 5.48. The van der Waals surface area contributed by atoms with E-state index in [1.165, 1.54) is 6.33 Å². The SMILES string of the molecule is Nc1ncnc2c1c(-c1ccc(Cl)cc1)nn2CC1SSCC1O. The number of anilines is 1. The maximum Gasteiger partial charge on any atom is 0.164 e. The zero-order valence-corrected chi connectivity index (χ0v) is 14.9. The molecule has 3 heterocycles. The van der Waals surface area contributed by atoms with Crippen molar-refractivity contribution in [1.29, 1.82) is 0 Å². The predicted octanol–water partition coefficient (Wildman–Crippen LogP) is 2.85. The number of fused-ring (bicyclic) bond motifs is 1. The fourth-order valence-electron chi connectivity index (χ4n) is 2.66. The molecule has 2 atom stereocenters. The highest BCUT2D eigenvalue weighted by Gasteiger charge is 2.29. The molecule has 3 N–H and O–H groups in total. The highest BCUT2D eigenvalue weighted by atomic mass is 35.5. The Labute approximate surface area is 151 Å². The smallest absolute Gasteiger partial charge is 0.164 e. The van der Waals surface area contributed by atoms with Crippen LogP contribution in [0.25, 0.3) is 22.3 Å². The summed E-state index contributed by atoms with van der Waals surface area (Å²) >= 11 is 5.98. The molecule has 124 valence electrons. The van der Waals surface area contributed by atoms with Crippen molar-refractivity contribution >= 4 is 50.0 Å². The van der Waals surface area contributed by atoms with Crippen LogP contribution in [0.4, 0.5) is 5.82 Å². The number of aliphatic hydroxyl groups is 1. The Bertz CT molecular complexity index is 885. The minimum Gasteiger partial charge on any atom is -0.391 e. The molecule has 6 nitrogen and oxygen atoms in total. The first-order valence-corrected chi connectivity index (χ1v) is 10.1. The van der Waals surface area contributed by atoms with Crippen LogP contribution in [0.2, 0.25) is 5.02 Å². The third-order valence-electron chi connectivity index (χ3n) is 3.89. The fraction of sp³-hybridized carbons (Fsp3) is 0.267. The summed E-state index contributed by atoms with van der Waals surface area (Å²) in [5.74, 6) is 1.13. The highest BCUT2D eigenvalue weighted by Crippen LogP contribution is 2.39. The van der Waals surface area contributed by atoms with E-state index in [0.717, 1.165) is 22.4 Å². The van der Waals surface area contributed by atoms with E-state index in [0.29, 0.717) is 23.0 Å². The lowest BCUT2D eigenvalue weighted by molar-refractivity contribution is 0.191. The lowest BCUT2D eigenvalue weighted by Crippen LogP contribution is -2.25. The third kappa shape index (κ3) is 2.83. The summed E-state index contributed by atoms with van der Waals surface area (Å²) in [6.45, 7) is 0.569. The number of aromatic nitrogens is 4. The first kappa shape index (κ1) is 16.0. The van der Waals surface area contributed by atoms with E-state index in [1.807, 2.05) is 28.9 Å². The molecule has 0 radical (unpaired) electrons. The van der Waals surface area contributed by atoms with Crippen LogP contribution in [0.5, 0.6) is 0 Å². The van der Waals surface area contributed by atoms with Crippen molar-refractivity contribution < 1.29 is 5.11 Å². The van der Waals surface area contributed by atoms with Crippen LogP contribution in [0.1, 0.15) is 0 Å². The molecule has 4 rings (SSSR count). The highest BCUT2D eigenvalue weighted by molar-refractivity contribution is 8.77. The van der Waals surface area contributed by atoms with Gasteiger partial charge in [0, 0.05) is 16.3 Å². The molecule has 1 saturated heterocycles. The number of hydrogen-bond acceptors (Lipinski definition) is 7. The van der Waals surface area contributed by atoms with Crippen molar-refractivity contribution in [3.8, 4) is 11.3 Å². The van der Waals surface area contributed by atoms with Gasteiger partial charge in [-0.05, 0) is 12.1 Å². The van der Waals surface area contributed by atoms with Crippen molar-refractivity contribution in [3.63, 3.8) is 0 Å². The molecule has 24 heavy (non-hydrogen) atoms. The van der Waals surface area contributed by atoms with Crippen molar-refractivity contribution in [1.82, 2.24) is 19.7 Å². The average Bonchev–Trinajstić information content (AvgIpc) is 3.14. The lowest BCUT2D eigenvalue weighted by atomic mass is 10.1. The number of benzene rings is 1. The van der Waals surface area contributed by atoms with E-state index in [9.17, 15) is 5.11 Å². The summed E-state index contributed by atoms with van der Waals surface area (Å²) in [7, 11) is 3.36. The minimum atomic E-state index is -0.350. The largest absolute Gasteiger partial charge is 0.391 e. The Balaban J connectivity index is 1.83. The van der Waals surface area contributed by atoms with Gasteiger partial charge in [-0.1, -0.05) is 45.3 Å². The Kier molecular flexibility index (Phi) is 4.29. The van der Waals surface area contributed by atoms with Crippen LogP contribution in [-0.2, 0) is 6.54 Å². The van der Waals surface area contributed by atoms with Gasteiger partial charge in [-0.25, -0.2) is 14.6 Å². The Morgan fingerprint density at radius 1 is 1.29 bits per heavy atom. The van der Waals surface area contributed by atoms with Crippen molar-refractivity contribution in [2.24, 2.45) is 0 Å². The molecule has 0 amide bonds. The van der Waals surface area contributed by atoms with E-state index in [-0.39, 0.29) is 11.4 Å². The molecule has 1 aliphatic heterocycles. The van der Waals surface area contributed by atoms with E-state index >= 15 is 0 Å². The van der Waals surface area contributed by atoms with Gasteiger partial charge in [-0.2, -0.15) is 5.10 Å². The number of nitrogens with zero attached hydrogens (tertiary/aromatic N) is 4. The number of nitrogens with two attached hydrogens (primary N) is 1. The number of aliphatic hydroxyl groups excluding tert-OH is 1. The van der Waals surface area contributed by atoms with Crippen molar-refractivity contribution in [3.05, 3.63) is 35.6 Å². The number of nitrogen functional groups attached to an aromatic ring is 1. The lowest BCUT2D eigenvalue weighted by Gasteiger charge is -2.12. The molecule has 1 fully saturated rings. The van der Waals surface area contributed by atoms with E-state index in [4.69, 9.17) is 22.4 Å². The van der Waals surface area contributed by atoms with Gasteiger partial charge in [0.1, 0.15) is 17.8 Å². The van der Waals surface area contributed by atoms with E-state index in [2.05, 4.69) is 9.97 Å². The van der Waals surface area contributed by atoms with Crippen LogP contribution in [0.15, 0.2) is 30.6 Å². The first-order valence-electron chi connectivity index (χ1n) is 7.33. The van der Waals surface area contributed by atoms with Crippen LogP contribution in [0.3, 0.4) is 0 Å². The van der Waals surface area contributed by atoms with Crippen LogP contribution >= 0.6 is 33.2 Å². The number of rotatable bonds is 3. The quantitative estimate of drug-likeness (QED) is 0.676. The van der Waals surface area contributed by atoms with Gasteiger partial charge in [0.2, 0.25) is 0 Å². The van der Waals surface area contributed by atoms with E-state index in [1.54, 1.807) is 21.6 Å². The van der Waals surface area contributed by atoms with Gasteiger partial charge < -0.3 is 10.8 Å². The second-order valence-corrected chi connectivity index (χ2v) is 8.57. The maximum absolute atomic E-state index is 10.1. The zero-order valence-electron chi connectivity index (χ0n) is 12.5. The Hall–Kier alpha value is -1.48. The van der Waals surface area contributed by atoms with Crippen molar-refractivity contribution in [2.75, 3.05) is 11.5 Å². The molecule has 0 spiro atoms. The van der Waals surface area contributed by atoms with Gasteiger partial charge >= 0.3 is 0 Å². The average molecular weight is 380 g/mol. The summed E-state index contributed by atoms with van der Waals surface area (Å²) in [6.07, 6.45) is 1.09. The summed E-state index contributed by atoms with van der Waals surface area (Å²) in [6, 6.07) is 7.43. The van der Waals surface area contributed by atoms with Crippen LogP contribution < -0.4 is 5.73 Å². The topological polar surface area (TPSA) is 89.9 Å². The van der Waals surface area contributed by atoms with E-state index < -0.39 is 0 Å². The zero-order chi connectivity index (χ0) is 16.7. The molecular weight excluding hydrogens is 366 g/mol. The Morgan fingerprint density at radius 2 is 2.08 bits per heavy atom. The maximum atomic E-state index is 10.1. The molecular formula is C15H14ClN5OS2. The fourth-order valence-corrected chi connectivity index (χ4v) is 5.70. The van der Waals surface area contributed by atoms with Gasteiger partial charge in [0.05, 0.1) is 23.3 Å². The standard InChI is InChI=1S/C15H14ClN5OS2/c16-9-3-1-8(2-4-9)13-12-14(17)18-7-19-15(12)21(20-13)5-11-10(22)6-23-24-11/h1-4,7,10-11,22H,5-6H2,(H2,17,18,19). The summed E-state index contributed by atoms with van der Waals surface area (Å²) in [5, 5.41) is 16.2. The molecule has 1 aliphatic rings. The third-order valence-corrected chi connectivity index (χ3v) is 7.02. The van der Waals surface area contributed by atoms with Gasteiger partial charge in [-0.3, -0.25) is 0 Å². The summed E-state index contributed by atoms with van der Waals surface area (Å²) < 4.78 is 1.81. The van der Waals surface area contributed by atoms with Crippen LogP contribution in [-0.4, -0.2) is 42.0 Å². The van der Waals surface area contributed by atoms with Crippen molar-refractivity contribution in [2.45, 2.75) is 17.9 Å². The molecule has 2 aromatic heterocycles. The second kappa shape index (κ2) is 6.44. The normalized spacial score (nSPS) is 20.8. The molecule has 0 saturated carbocycles. The monoisotopic (exact) mass is 379 g/mol. The summed E-state index contributed by atoms with van der Waals surface area (Å²) in [5.41, 5.74) is 8.39. The molecule has 0 aliphatic carbocycles. The summed E-state index contributed by atoms with van der Waals surface area (Å²) in [4.78, 5) is 8.46. The predicted molar refractivity (Wildman–Crippen MR) is 100 cm³/mol. The number of hydrogen-bond donors (Lipinski definition) is 2. The van der Waals surface area contributed by atoms with Gasteiger partial charge in [0.25, 0.3) is 0 Å². The molecule has 3 aromatic rings.